The molecule has 2 aromatic heterocycles. The smallest absolute Gasteiger partial charge is 0.248 e. The molecule has 0 aliphatic heterocycles. The van der Waals surface area contributed by atoms with Crippen molar-refractivity contribution < 1.29 is 9.18 Å². The second kappa shape index (κ2) is 5.77. The maximum Gasteiger partial charge on any atom is 0.248 e. The molecule has 0 atom stereocenters. The first-order chi connectivity index (χ1) is 12.0. The quantitative estimate of drug-likeness (QED) is 0.777. The highest BCUT2D eigenvalue weighted by atomic mass is 32.1. The number of rotatable bonds is 4. The first kappa shape index (κ1) is 16.0. The number of thiazole rings is 1. The maximum absolute atomic E-state index is 14.4. The van der Waals surface area contributed by atoms with Crippen LogP contribution in [0.15, 0.2) is 36.5 Å². The zero-order valence-electron chi connectivity index (χ0n) is 13.7. The number of halogens is 1. The van der Waals surface area contributed by atoms with Gasteiger partial charge in [0.05, 0.1) is 15.8 Å². The predicted molar refractivity (Wildman–Crippen MR) is 96.3 cm³/mol. The summed E-state index contributed by atoms with van der Waals surface area (Å²) in [5.41, 5.74) is 6.61. The monoisotopic (exact) mass is 356 g/mol. The molecule has 0 saturated heterocycles. The van der Waals surface area contributed by atoms with Crippen LogP contribution in [0.5, 0.6) is 0 Å². The van der Waals surface area contributed by atoms with Gasteiger partial charge in [-0.2, -0.15) is 0 Å². The summed E-state index contributed by atoms with van der Waals surface area (Å²) in [4.78, 5) is 22.4. The van der Waals surface area contributed by atoms with Gasteiger partial charge in [0.25, 0.3) is 0 Å². The molecule has 3 aromatic rings. The number of hydrogen-bond donors (Lipinski definition) is 1. The molecule has 1 amide bonds. The first-order valence-corrected chi connectivity index (χ1v) is 8.88. The Morgan fingerprint density at radius 3 is 2.80 bits per heavy atom. The highest BCUT2D eigenvalue weighted by Gasteiger charge is 2.46. The summed E-state index contributed by atoms with van der Waals surface area (Å²) in [6.45, 7) is 0. The van der Waals surface area contributed by atoms with Crippen LogP contribution in [-0.4, -0.2) is 22.9 Å². The van der Waals surface area contributed by atoms with E-state index in [0.29, 0.717) is 11.3 Å². The Labute approximate surface area is 148 Å². The Morgan fingerprint density at radius 2 is 2.16 bits per heavy atom. The Kier molecular flexibility index (Phi) is 3.68. The molecule has 1 aliphatic rings. The standard InChI is InChI=1S/C18H17FN4OS/c1-23(18(7-3-8-18)15-12(19)4-2-9-21-15)17-22-13-6-5-11(16(20)24)10-14(13)25-17/h2,4-6,9-10H,3,7-8H2,1H3,(H2,20,24). The summed E-state index contributed by atoms with van der Waals surface area (Å²) in [6.07, 6.45) is 4.32. The Morgan fingerprint density at radius 1 is 1.36 bits per heavy atom. The van der Waals surface area contributed by atoms with Gasteiger partial charge in [-0.25, -0.2) is 9.37 Å². The SMILES string of the molecule is CN(c1nc2ccc(C(N)=O)cc2s1)C1(c2ncccc2F)CCC1. The lowest BCUT2D eigenvalue weighted by molar-refractivity contribution is 0.100. The van der Waals surface area contributed by atoms with Gasteiger partial charge in [0.15, 0.2) is 5.13 Å². The third-order valence-corrected chi connectivity index (χ3v) is 6.07. The van der Waals surface area contributed by atoms with E-state index in [2.05, 4.69) is 9.97 Å². The number of aromatic nitrogens is 2. The molecule has 0 radical (unpaired) electrons. The third kappa shape index (κ3) is 2.46. The van der Waals surface area contributed by atoms with Crippen molar-refractivity contribution >= 4 is 32.6 Å². The minimum Gasteiger partial charge on any atom is -0.366 e. The number of nitrogens with two attached hydrogens (primary N) is 1. The number of carbonyl (C=O) groups excluding carboxylic acids is 1. The van der Waals surface area contributed by atoms with Gasteiger partial charge in [-0.3, -0.25) is 9.78 Å². The van der Waals surface area contributed by atoms with Crippen LogP contribution in [0.2, 0.25) is 0 Å². The van der Waals surface area contributed by atoms with E-state index < -0.39 is 11.4 Å². The lowest BCUT2D eigenvalue weighted by Gasteiger charge is -2.48. The van der Waals surface area contributed by atoms with Gasteiger partial charge in [0.1, 0.15) is 11.5 Å². The highest BCUT2D eigenvalue weighted by molar-refractivity contribution is 7.22. The van der Waals surface area contributed by atoms with Crippen LogP contribution in [0.3, 0.4) is 0 Å². The fourth-order valence-corrected chi connectivity index (χ4v) is 4.42. The number of benzene rings is 1. The van der Waals surface area contributed by atoms with E-state index in [1.54, 1.807) is 30.5 Å². The highest BCUT2D eigenvalue weighted by Crippen LogP contribution is 2.48. The van der Waals surface area contributed by atoms with Crippen molar-refractivity contribution in [2.75, 3.05) is 11.9 Å². The zero-order chi connectivity index (χ0) is 17.6. The molecule has 7 heteroatoms. The molecule has 0 spiro atoms. The van der Waals surface area contributed by atoms with Crippen molar-refractivity contribution in [3.63, 3.8) is 0 Å². The summed E-state index contributed by atoms with van der Waals surface area (Å²) in [7, 11) is 1.93. The second-order valence-electron chi connectivity index (χ2n) is 6.32. The topological polar surface area (TPSA) is 72.1 Å². The Balaban J connectivity index is 1.77. The van der Waals surface area contributed by atoms with Crippen LogP contribution in [0.25, 0.3) is 10.2 Å². The van der Waals surface area contributed by atoms with E-state index in [1.165, 1.54) is 17.4 Å². The molecule has 25 heavy (non-hydrogen) atoms. The number of fused-ring (bicyclic) bond motifs is 1. The molecule has 1 aliphatic carbocycles. The summed E-state index contributed by atoms with van der Waals surface area (Å²) >= 11 is 1.47. The Hall–Kier alpha value is -2.54. The number of nitrogens with zero attached hydrogens (tertiary/aromatic N) is 3. The minimum atomic E-state index is -0.467. The van der Waals surface area contributed by atoms with Gasteiger partial charge in [0, 0.05) is 18.8 Å². The average molecular weight is 356 g/mol. The molecule has 2 N–H and O–H groups in total. The second-order valence-corrected chi connectivity index (χ2v) is 7.33. The Bertz CT molecular complexity index is 967. The van der Waals surface area contributed by atoms with Gasteiger partial charge in [-0.05, 0) is 49.6 Å². The predicted octanol–water partition coefficient (Wildman–Crippen LogP) is 3.44. The lowest BCUT2D eigenvalue weighted by atomic mass is 9.73. The molecule has 0 bridgehead atoms. The fraction of sp³-hybridized carbons (Fsp3) is 0.278. The number of anilines is 1. The number of carbonyl (C=O) groups is 1. The third-order valence-electron chi connectivity index (χ3n) is 4.97. The van der Waals surface area contributed by atoms with E-state index >= 15 is 0 Å². The van der Waals surface area contributed by atoms with Crippen LogP contribution in [0, 0.1) is 5.82 Å². The molecule has 1 aromatic carbocycles. The van der Waals surface area contributed by atoms with Crippen molar-refractivity contribution in [1.29, 1.82) is 0 Å². The van der Waals surface area contributed by atoms with Gasteiger partial charge < -0.3 is 10.6 Å². The van der Waals surface area contributed by atoms with Crippen molar-refractivity contribution in [2.24, 2.45) is 5.73 Å². The molecule has 1 fully saturated rings. The first-order valence-electron chi connectivity index (χ1n) is 8.06. The summed E-state index contributed by atoms with van der Waals surface area (Å²) < 4.78 is 15.3. The summed E-state index contributed by atoms with van der Waals surface area (Å²) in [5.74, 6) is -0.748. The molecular formula is C18H17FN4OS. The average Bonchev–Trinajstić information content (AvgIpc) is 2.98. The van der Waals surface area contributed by atoms with Crippen LogP contribution < -0.4 is 10.6 Å². The molecule has 4 rings (SSSR count). The van der Waals surface area contributed by atoms with E-state index in [4.69, 9.17) is 5.73 Å². The lowest BCUT2D eigenvalue weighted by Crippen LogP contribution is -2.50. The van der Waals surface area contributed by atoms with Crippen LogP contribution >= 0.6 is 11.3 Å². The van der Waals surface area contributed by atoms with Gasteiger partial charge in [-0.1, -0.05) is 11.3 Å². The molecule has 128 valence electrons. The minimum absolute atomic E-state index is 0.286. The van der Waals surface area contributed by atoms with Crippen molar-refractivity contribution in [2.45, 2.75) is 24.8 Å². The summed E-state index contributed by atoms with van der Waals surface area (Å²) in [6, 6.07) is 8.27. The number of primary amides is 1. The largest absolute Gasteiger partial charge is 0.366 e. The van der Waals surface area contributed by atoms with Crippen LogP contribution in [-0.2, 0) is 5.54 Å². The molecule has 5 nitrogen and oxygen atoms in total. The van der Waals surface area contributed by atoms with Crippen LogP contribution in [0.4, 0.5) is 9.52 Å². The fourth-order valence-electron chi connectivity index (χ4n) is 3.36. The van der Waals surface area contributed by atoms with Crippen molar-refractivity contribution in [3.05, 3.63) is 53.6 Å². The molecular weight excluding hydrogens is 339 g/mol. The molecule has 0 unspecified atom stereocenters. The maximum atomic E-state index is 14.4. The van der Waals surface area contributed by atoms with Gasteiger partial charge >= 0.3 is 0 Å². The van der Waals surface area contributed by atoms with E-state index in [9.17, 15) is 9.18 Å². The number of hydrogen-bond acceptors (Lipinski definition) is 5. The molecule has 1 saturated carbocycles. The van der Waals surface area contributed by atoms with Crippen LogP contribution in [0.1, 0.15) is 35.3 Å². The van der Waals surface area contributed by atoms with Gasteiger partial charge in [0.2, 0.25) is 5.91 Å². The summed E-state index contributed by atoms with van der Waals surface area (Å²) in [5, 5.41) is 0.779. The number of pyridine rings is 1. The van der Waals surface area contributed by atoms with E-state index in [-0.39, 0.29) is 5.82 Å². The van der Waals surface area contributed by atoms with Crippen molar-refractivity contribution in [3.8, 4) is 0 Å². The normalized spacial score (nSPS) is 15.8. The van der Waals surface area contributed by atoms with Crippen molar-refractivity contribution in [1.82, 2.24) is 9.97 Å². The van der Waals surface area contributed by atoms with E-state index in [0.717, 1.165) is 34.6 Å². The van der Waals surface area contributed by atoms with E-state index in [1.807, 2.05) is 11.9 Å². The molecule has 2 heterocycles. The van der Waals surface area contributed by atoms with Gasteiger partial charge in [-0.15, -0.1) is 0 Å². The number of amides is 1. The zero-order valence-corrected chi connectivity index (χ0v) is 14.5.